The summed E-state index contributed by atoms with van der Waals surface area (Å²) in [5.41, 5.74) is 0.734. The molecule has 0 saturated carbocycles. The quantitative estimate of drug-likeness (QED) is 0.937. The van der Waals surface area contributed by atoms with Crippen molar-refractivity contribution in [2.45, 2.75) is 18.9 Å². The van der Waals surface area contributed by atoms with Crippen molar-refractivity contribution in [3.8, 4) is 0 Å². The van der Waals surface area contributed by atoms with Gasteiger partial charge < -0.3 is 14.7 Å². The predicted octanol–water partition coefficient (Wildman–Crippen LogP) is 1.91. The molecule has 1 aliphatic heterocycles. The summed E-state index contributed by atoms with van der Waals surface area (Å²) in [7, 11) is 0. The predicted molar refractivity (Wildman–Crippen MR) is 71.9 cm³/mol. The molecule has 0 spiro atoms. The van der Waals surface area contributed by atoms with E-state index in [4.69, 9.17) is 4.52 Å². The molecule has 21 heavy (non-hydrogen) atoms. The molecule has 1 aromatic heterocycles. The summed E-state index contributed by atoms with van der Waals surface area (Å²) in [6, 6.07) is 6.02. The minimum Gasteiger partial charge on any atom is -0.343 e. The first kappa shape index (κ1) is 13.5. The van der Waals surface area contributed by atoms with Crippen molar-refractivity contribution >= 4 is 6.03 Å². The van der Waals surface area contributed by atoms with Crippen LogP contribution in [0.3, 0.4) is 0 Å². The van der Waals surface area contributed by atoms with Crippen molar-refractivity contribution < 1.29 is 13.7 Å². The third-order valence-electron chi connectivity index (χ3n) is 3.55. The topological polar surface area (TPSA) is 71.3 Å². The third kappa shape index (κ3) is 3.18. The van der Waals surface area contributed by atoms with Gasteiger partial charge >= 0.3 is 6.03 Å². The minimum atomic E-state index is -0.305. The van der Waals surface area contributed by atoms with Crippen LogP contribution in [-0.2, 0) is 6.54 Å². The van der Waals surface area contributed by atoms with Gasteiger partial charge in [-0.15, -0.1) is 0 Å². The van der Waals surface area contributed by atoms with Gasteiger partial charge in [-0.2, -0.15) is 4.98 Å². The molecule has 1 aromatic carbocycles. The Morgan fingerprint density at radius 1 is 1.52 bits per heavy atom. The van der Waals surface area contributed by atoms with Gasteiger partial charge in [-0.1, -0.05) is 17.3 Å². The lowest BCUT2D eigenvalue weighted by molar-refractivity contribution is 0.207. The Labute approximate surface area is 120 Å². The van der Waals surface area contributed by atoms with E-state index in [1.54, 1.807) is 17.0 Å². The average molecular weight is 290 g/mol. The van der Waals surface area contributed by atoms with Crippen molar-refractivity contribution in [2.75, 3.05) is 13.1 Å². The number of rotatable bonds is 3. The van der Waals surface area contributed by atoms with Crippen LogP contribution >= 0.6 is 0 Å². The molecule has 0 radical (unpaired) electrons. The van der Waals surface area contributed by atoms with E-state index >= 15 is 0 Å². The molecule has 2 amide bonds. The Morgan fingerprint density at radius 2 is 2.43 bits per heavy atom. The highest BCUT2D eigenvalue weighted by Crippen LogP contribution is 2.24. The first-order chi connectivity index (χ1) is 10.2. The van der Waals surface area contributed by atoms with Crippen molar-refractivity contribution in [2.24, 2.45) is 0 Å². The lowest BCUT2D eigenvalue weighted by atomic mass is 10.1. The second kappa shape index (κ2) is 5.90. The summed E-state index contributed by atoms with van der Waals surface area (Å²) in [4.78, 5) is 17.8. The number of likely N-dealkylation sites (tertiary alicyclic amines) is 1. The molecule has 7 heteroatoms. The van der Waals surface area contributed by atoms with Gasteiger partial charge in [0.2, 0.25) is 6.39 Å². The standard InChI is InChI=1S/C14H15FN4O2/c15-12-3-1-2-10(6-12)7-16-14(20)19-5-4-11(8-19)13-17-9-21-18-13/h1-3,6,9,11H,4-5,7-8H2,(H,16,20)/t11-/m1/s1. The number of carbonyl (C=O) groups excluding carboxylic acids is 1. The third-order valence-corrected chi connectivity index (χ3v) is 3.55. The summed E-state index contributed by atoms with van der Waals surface area (Å²) in [5.74, 6) is 0.444. The molecule has 2 aromatic rings. The van der Waals surface area contributed by atoms with E-state index in [9.17, 15) is 9.18 Å². The molecule has 3 rings (SSSR count). The Morgan fingerprint density at radius 3 is 3.19 bits per heavy atom. The summed E-state index contributed by atoms with van der Waals surface area (Å²) in [6.07, 6.45) is 2.11. The molecule has 110 valence electrons. The van der Waals surface area contributed by atoms with E-state index in [0.717, 1.165) is 12.0 Å². The van der Waals surface area contributed by atoms with Crippen LogP contribution in [0, 0.1) is 5.82 Å². The van der Waals surface area contributed by atoms with E-state index in [2.05, 4.69) is 15.5 Å². The second-order valence-corrected chi connectivity index (χ2v) is 5.01. The molecule has 1 N–H and O–H groups in total. The van der Waals surface area contributed by atoms with Crippen LogP contribution in [0.2, 0.25) is 0 Å². The molecular formula is C14H15FN4O2. The van der Waals surface area contributed by atoms with Crippen molar-refractivity contribution in [1.82, 2.24) is 20.4 Å². The molecule has 6 nitrogen and oxygen atoms in total. The molecule has 2 heterocycles. The van der Waals surface area contributed by atoms with Gasteiger partial charge in [0.15, 0.2) is 5.82 Å². The number of aromatic nitrogens is 2. The van der Waals surface area contributed by atoms with Crippen LogP contribution < -0.4 is 5.32 Å². The van der Waals surface area contributed by atoms with Gasteiger partial charge in [0.05, 0.1) is 0 Å². The molecule has 1 aliphatic rings. The van der Waals surface area contributed by atoms with Gasteiger partial charge in [0, 0.05) is 25.6 Å². The SMILES string of the molecule is O=C(NCc1cccc(F)c1)N1CC[C@@H](c2ncon2)C1. The van der Waals surface area contributed by atoms with Gasteiger partial charge in [-0.25, -0.2) is 9.18 Å². The van der Waals surface area contributed by atoms with Crippen LogP contribution in [0.25, 0.3) is 0 Å². The first-order valence-corrected chi connectivity index (χ1v) is 6.76. The number of urea groups is 1. The monoisotopic (exact) mass is 290 g/mol. The number of halogens is 1. The smallest absolute Gasteiger partial charge is 0.317 e. The lowest BCUT2D eigenvalue weighted by Gasteiger charge is -2.16. The summed E-state index contributed by atoms with van der Waals surface area (Å²) in [5, 5.41) is 6.60. The number of nitrogens with one attached hydrogen (secondary N) is 1. The van der Waals surface area contributed by atoms with Crippen LogP contribution in [0.1, 0.15) is 23.7 Å². The van der Waals surface area contributed by atoms with Gasteiger partial charge in [0.25, 0.3) is 0 Å². The largest absolute Gasteiger partial charge is 0.343 e. The fraction of sp³-hybridized carbons (Fsp3) is 0.357. The highest BCUT2D eigenvalue weighted by molar-refractivity contribution is 5.74. The Balaban J connectivity index is 1.52. The zero-order chi connectivity index (χ0) is 14.7. The Kier molecular flexibility index (Phi) is 3.81. The number of benzene rings is 1. The number of hydrogen-bond donors (Lipinski definition) is 1. The lowest BCUT2D eigenvalue weighted by Crippen LogP contribution is -2.38. The van der Waals surface area contributed by atoms with E-state index < -0.39 is 0 Å². The highest BCUT2D eigenvalue weighted by Gasteiger charge is 2.29. The molecule has 1 saturated heterocycles. The molecular weight excluding hydrogens is 275 g/mol. The summed E-state index contributed by atoms with van der Waals surface area (Å²) in [6.45, 7) is 1.52. The van der Waals surface area contributed by atoms with Crippen LogP contribution in [0.15, 0.2) is 35.2 Å². The second-order valence-electron chi connectivity index (χ2n) is 5.01. The first-order valence-electron chi connectivity index (χ1n) is 6.76. The maximum atomic E-state index is 13.1. The number of hydrogen-bond acceptors (Lipinski definition) is 4. The van der Waals surface area contributed by atoms with Gasteiger partial charge in [-0.3, -0.25) is 0 Å². The van der Waals surface area contributed by atoms with Gasteiger partial charge in [-0.05, 0) is 24.1 Å². The molecule has 0 aliphatic carbocycles. The normalized spacial score (nSPS) is 18.0. The fourth-order valence-electron chi connectivity index (χ4n) is 2.45. The van der Waals surface area contributed by atoms with Gasteiger partial charge in [0.1, 0.15) is 5.82 Å². The average Bonchev–Trinajstić information content (AvgIpc) is 3.15. The van der Waals surface area contributed by atoms with Crippen LogP contribution in [0.4, 0.5) is 9.18 Å². The Hall–Kier alpha value is -2.44. The maximum Gasteiger partial charge on any atom is 0.317 e. The zero-order valence-corrected chi connectivity index (χ0v) is 11.3. The van der Waals surface area contributed by atoms with Crippen molar-refractivity contribution in [3.63, 3.8) is 0 Å². The fourth-order valence-corrected chi connectivity index (χ4v) is 2.45. The minimum absolute atomic E-state index is 0.115. The van der Waals surface area contributed by atoms with E-state index in [1.165, 1.54) is 18.5 Å². The van der Waals surface area contributed by atoms with E-state index in [1.807, 2.05) is 0 Å². The van der Waals surface area contributed by atoms with Crippen LogP contribution in [0.5, 0.6) is 0 Å². The number of nitrogens with zero attached hydrogens (tertiary/aromatic N) is 3. The molecule has 0 unspecified atom stereocenters. The number of amides is 2. The van der Waals surface area contributed by atoms with E-state index in [0.29, 0.717) is 25.5 Å². The number of carbonyl (C=O) groups is 1. The molecule has 1 atom stereocenters. The van der Waals surface area contributed by atoms with E-state index in [-0.39, 0.29) is 17.8 Å². The summed E-state index contributed by atoms with van der Waals surface area (Å²) >= 11 is 0. The highest BCUT2D eigenvalue weighted by atomic mass is 19.1. The van der Waals surface area contributed by atoms with Crippen LogP contribution in [-0.4, -0.2) is 34.2 Å². The van der Waals surface area contributed by atoms with Crippen molar-refractivity contribution in [1.29, 1.82) is 0 Å². The van der Waals surface area contributed by atoms with Crippen molar-refractivity contribution in [3.05, 3.63) is 47.9 Å². The molecule has 1 fully saturated rings. The maximum absolute atomic E-state index is 13.1. The summed E-state index contributed by atoms with van der Waals surface area (Å²) < 4.78 is 17.8. The Bertz CT molecular complexity index is 617. The molecule has 0 bridgehead atoms. The zero-order valence-electron chi connectivity index (χ0n) is 11.3.